The average molecular weight is 266 g/mol. The predicted octanol–water partition coefficient (Wildman–Crippen LogP) is 3.25. The third kappa shape index (κ3) is 4.61. The van der Waals surface area contributed by atoms with Gasteiger partial charge in [0.2, 0.25) is 0 Å². The van der Waals surface area contributed by atoms with Gasteiger partial charge in [-0.1, -0.05) is 44.7 Å². The molecule has 4 N–H and O–H groups in total. The molecule has 4 heteroatoms. The van der Waals surface area contributed by atoms with E-state index in [0.29, 0.717) is 5.75 Å². The fourth-order valence-electron chi connectivity index (χ4n) is 1.80. The Morgan fingerprint density at radius 2 is 2.06 bits per heavy atom. The molecule has 0 spiro atoms. The predicted molar refractivity (Wildman–Crippen MR) is 79.5 cm³/mol. The summed E-state index contributed by atoms with van der Waals surface area (Å²) in [5, 5.41) is 17.2. The monoisotopic (exact) mass is 266 g/mol. The highest BCUT2D eigenvalue weighted by atomic mass is 32.2. The van der Waals surface area contributed by atoms with Gasteiger partial charge in [-0.3, -0.25) is 5.41 Å². The summed E-state index contributed by atoms with van der Waals surface area (Å²) in [6, 6.07) is 5.81. The molecule has 0 aliphatic carbocycles. The summed E-state index contributed by atoms with van der Waals surface area (Å²) in [5.41, 5.74) is 7.45. The number of nitrogens with two attached hydrogens (primary N) is 1. The Hall–Kier alpha value is -1.16. The van der Waals surface area contributed by atoms with Crippen LogP contribution in [0.1, 0.15) is 38.3 Å². The molecule has 0 atom stereocenters. The molecule has 1 rings (SSSR count). The van der Waals surface area contributed by atoms with Crippen LogP contribution in [0.4, 0.5) is 0 Å². The lowest BCUT2D eigenvalue weighted by Gasteiger charge is -2.21. The molecule has 0 aliphatic heterocycles. The van der Waals surface area contributed by atoms with E-state index < -0.39 is 0 Å². The second-order valence-corrected chi connectivity index (χ2v) is 6.55. The minimum atomic E-state index is -0.0474. The highest BCUT2D eigenvalue weighted by Crippen LogP contribution is 2.31. The molecule has 0 aromatic heterocycles. The van der Waals surface area contributed by atoms with Crippen molar-refractivity contribution in [2.75, 3.05) is 5.75 Å². The summed E-state index contributed by atoms with van der Waals surface area (Å²) in [5.74, 6) is 1.23. The quantitative estimate of drug-likeness (QED) is 0.445. The lowest BCUT2D eigenvalue weighted by atomic mass is 9.85. The first kappa shape index (κ1) is 14.9. The minimum Gasteiger partial charge on any atom is -0.508 e. The molecule has 18 heavy (non-hydrogen) atoms. The maximum atomic E-state index is 9.87. The van der Waals surface area contributed by atoms with E-state index in [1.165, 1.54) is 17.3 Å². The molecule has 0 unspecified atom stereocenters. The molecule has 0 amide bonds. The van der Waals surface area contributed by atoms with Gasteiger partial charge in [-0.05, 0) is 35.4 Å². The zero-order valence-electron chi connectivity index (χ0n) is 11.3. The third-order valence-corrected chi connectivity index (χ3v) is 3.54. The number of phenolic OH excluding ortho intramolecular Hbond substituents is 1. The van der Waals surface area contributed by atoms with Crippen molar-refractivity contribution in [1.29, 1.82) is 5.41 Å². The van der Waals surface area contributed by atoms with Crippen LogP contribution in [-0.4, -0.2) is 16.0 Å². The second-order valence-electron chi connectivity index (χ2n) is 5.42. The van der Waals surface area contributed by atoms with Crippen LogP contribution in [0, 0.1) is 5.41 Å². The van der Waals surface area contributed by atoms with Crippen molar-refractivity contribution >= 4 is 16.9 Å². The van der Waals surface area contributed by atoms with Crippen LogP contribution in [0.2, 0.25) is 0 Å². The summed E-state index contributed by atoms with van der Waals surface area (Å²) in [6.07, 6.45) is 1.93. The maximum Gasteiger partial charge on any atom is 0.151 e. The van der Waals surface area contributed by atoms with Gasteiger partial charge in [-0.2, -0.15) is 0 Å². The highest BCUT2D eigenvalue weighted by Gasteiger charge is 2.18. The number of aromatic hydroxyl groups is 1. The van der Waals surface area contributed by atoms with Crippen molar-refractivity contribution in [3.05, 3.63) is 29.3 Å². The maximum absolute atomic E-state index is 9.87. The molecule has 3 nitrogen and oxygen atoms in total. The molecule has 0 heterocycles. The fourth-order valence-corrected chi connectivity index (χ4v) is 2.31. The smallest absolute Gasteiger partial charge is 0.151 e. The molecular weight excluding hydrogens is 244 g/mol. The molecule has 0 bridgehead atoms. The van der Waals surface area contributed by atoms with Gasteiger partial charge in [0.05, 0.1) is 0 Å². The Kier molecular flexibility index (Phi) is 5.08. The summed E-state index contributed by atoms with van der Waals surface area (Å²) in [4.78, 5) is 0. The Bertz CT molecular complexity index is 424. The first-order valence-electron chi connectivity index (χ1n) is 6.10. The highest BCUT2D eigenvalue weighted by molar-refractivity contribution is 8.13. The molecule has 1 aromatic carbocycles. The molecule has 0 saturated carbocycles. The van der Waals surface area contributed by atoms with Crippen LogP contribution in [0.5, 0.6) is 5.75 Å². The number of rotatable bonds is 4. The van der Waals surface area contributed by atoms with Crippen LogP contribution in [0.3, 0.4) is 0 Å². The van der Waals surface area contributed by atoms with Crippen molar-refractivity contribution < 1.29 is 5.11 Å². The largest absolute Gasteiger partial charge is 0.508 e. The van der Waals surface area contributed by atoms with Gasteiger partial charge in [0.15, 0.2) is 5.17 Å². The molecule has 0 aliphatic rings. The summed E-state index contributed by atoms with van der Waals surface area (Å²) >= 11 is 1.38. The van der Waals surface area contributed by atoms with Gasteiger partial charge in [0, 0.05) is 5.75 Å². The van der Waals surface area contributed by atoms with Gasteiger partial charge in [0.1, 0.15) is 5.75 Å². The number of phenols is 1. The van der Waals surface area contributed by atoms with Crippen LogP contribution in [0.15, 0.2) is 18.2 Å². The molecule has 1 aromatic rings. The van der Waals surface area contributed by atoms with Crippen molar-refractivity contribution in [2.24, 2.45) is 5.73 Å². The normalized spacial score (nSPS) is 11.5. The Balaban J connectivity index is 2.65. The average Bonchev–Trinajstić information content (AvgIpc) is 2.24. The fraction of sp³-hybridized carbons (Fsp3) is 0.500. The summed E-state index contributed by atoms with van der Waals surface area (Å²) < 4.78 is 0. The SMILES string of the molecule is CC(C)(C)c1cc(CCCSC(=N)N)ccc1O. The molecule has 0 saturated heterocycles. The van der Waals surface area contributed by atoms with E-state index in [9.17, 15) is 5.11 Å². The topological polar surface area (TPSA) is 70.1 Å². The summed E-state index contributed by atoms with van der Waals surface area (Å²) in [7, 11) is 0. The van der Waals surface area contributed by atoms with Gasteiger partial charge < -0.3 is 10.8 Å². The molecule has 0 fully saturated rings. The van der Waals surface area contributed by atoms with Crippen LogP contribution >= 0.6 is 11.8 Å². The number of nitrogens with one attached hydrogen (secondary N) is 1. The van der Waals surface area contributed by atoms with E-state index >= 15 is 0 Å². The number of hydrogen-bond acceptors (Lipinski definition) is 3. The Morgan fingerprint density at radius 3 is 2.61 bits per heavy atom. The Labute approximate surface area is 113 Å². The minimum absolute atomic E-state index is 0.0474. The van der Waals surface area contributed by atoms with Gasteiger partial charge in [-0.15, -0.1) is 0 Å². The summed E-state index contributed by atoms with van der Waals surface area (Å²) in [6.45, 7) is 6.28. The first-order valence-corrected chi connectivity index (χ1v) is 7.08. The van der Waals surface area contributed by atoms with Gasteiger partial charge >= 0.3 is 0 Å². The standard InChI is InChI=1S/C14H22N2OS/c1-14(2,3)11-9-10(6-7-12(11)17)5-4-8-18-13(15)16/h6-7,9,17H,4-5,8H2,1-3H3,(H3,15,16). The number of amidine groups is 1. The van der Waals surface area contributed by atoms with Crippen LogP contribution < -0.4 is 5.73 Å². The van der Waals surface area contributed by atoms with E-state index in [0.717, 1.165) is 24.2 Å². The number of hydrogen-bond donors (Lipinski definition) is 3. The van der Waals surface area contributed by atoms with Crippen LogP contribution in [0.25, 0.3) is 0 Å². The van der Waals surface area contributed by atoms with E-state index in [2.05, 4.69) is 26.8 Å². The Morgan fingerprint density at radius 1 is 1.39 bits per heavy atom. The lowest BCUT2D eigenvalue weighted by molar-refractivity contribution is 0.446. The van der Waals surface area contributed by atoms with Crippen molar-refractivity contribution in [1.82, 2.24) is 0 Å². The third-order valence-electron chi connectivity index (χ3n) is 2.74. The van der Waals surface area contributed by atoms with Gasteiger partial charge in [0.25, 0.3) is 0 Å². The van der Waals surface area contributed by atoms with E-state index in [1.54, 1.807) is 6.07 Å². The molecule has 100 valence electrons. The zero-order valence-corrected chi connectivity index (χ0v) is 12.1. The lowest BCUT2D eigenvalue weighted by Crippen LogP contribution is -2.11. The number of benzene rings is 1. The van der Waals surface area contributed by atoms with E-state index in [4.69, 9.17) is 11.1 Å². The van der Waals surface area contributed by atoms with Crippen molar-refractivity contribution in [2.45, 2.75) is 39.0 Å². The second kappa shape index (κ2) is 6.14. The van der Waals surface area contributed by atoms with E-state index in [1.807, 2.05) is 6.07 Å². The number of aryl methyl sites for hydroxylation is 1. The molecular formula is C14H22N2OS. The molecule has 0 radical (unpaired) electrons. The van der Waals surface area contributed by atoms with Crippen LogP contribution in [-0.2, 0) is 11.8 Å². The first-order chi connectivity index (χ1) is 8.30. The zero-order chi connectivity index (χ0) is 13.8. The van der Waals surface area contributed by atoms with E-state index in [-0.39, 0.29) is 10.6 Å². The number of thioether (sulfide) groups is 1. The van der Waals surface area contributed by atoms with Crippen molar-refractivity contribution in [3.63, 3.8) is 0 Å². The van der Waals surface area contributed by atoms with Crippen molar-refractivity contribution in [3.8, 4) is 5.75 Å². The van der Waals surface area contributed by atoms with Gasteiger partial charge in [-0.25, -0.2) is 0 Å².